The highest BCUT2D eigenvalue weighted by atomic mass is 17.2. The molecule has 0 aliphatic rings. The van der Waals surface area contributed by atoms with Gasteiger partial charge in [0.2, 0.25) is 0 Å². The second kappa shape index (κ2) is 9.21. The Morgan fingerprint density at radius 3 is 1.62 bits per heavy atom. The molecule has 2 N–H and O–H groups in total. The van der Waals surface area contributed by atoms with Crippen LogP contribution in [0.2, 0.25) is 0 Å². The van der Waals surface area contributed by atoms with Crippen molar-refractivity contribution in [3.63, 3.8) is 0 Å². The molecule has 4 aromatic rings. The number of hydrogen-bond donors (Lipinski definition) is 2. The first-order valence-corrected chi connectivity index (χ1v) is 9.39. The quantitative estimate of drug-likeness (QED) is 0.144. The van der Waals surface area contributed by atoms with Crippen molar-refractivity contribution in [2.45, 2.75) is 5.54 Å². The van der Waals surface area contributed by atoms with E-state index in [-0.39, 0.29) is 6.73 Å². The molecule has 146 valence electrons. The minimum Gasteiger partial charge on any atom is -0.432 e. The fourth-order valence-electron chi connectivity index (χ4n) is 3.38. The number of rotatable bonds is 9. The molecule has 0 aliphatic heterocycles. The molecule has 0 amide bonds. The third-order valence-electron chi connectivity index (χ3n) is 4.66. The van der Waals surface area contributed by atoms with Crippen LogP contribution >= 0.6 is 0 Å². The van der Waals surface area contributed by atoms with Crippen LogP contribution in [-0.4, -0.2) is 6.73 Å². The molecular formula is C24H22N2O3. The predicted octanol–water partition coefficient (Wildman–Crippen LogP) is 4.63. The van der Waals surface area contributed by atoms with Crippen molar-refractivity contribution in [2.24, 2.45) is 0 Å². The van der Waals surface area contributed by atoms with Crippen molar-refractivity contribution in [1.29, 1.82) is 0 Å². The highest BCUT2D eigenvalue weighted by Gasteiger charge is 2.35. The lowest BCUT2D eigenvalue weighted by Crippen LogP contribution is -2.52. The number of hydrazine groups is 1. The van der Waals surface area contributed by atoms with Crippen LogP contribution in [0, 0.1) is 0 Å². The van der Waals surface area contributed by atoms with Crippen LogP contribution in [0.3, 0.4) is 0 Å². The summed E-state index contributed by atoms with van der Waals surface area (Å²) in [6.07, 6.45) is 1.52. The van der Waals surface area contributed by atoms with Gasteiger partial charge in [0.15, 0.2) is 6.73 Å². The molecule has 1 aromatic heterocycles. The number of benzene rings is 3. The van der Waals surface area contributed by atoms with Crippen LogP contribution in [0.5, 0.6) is 5.95 Å². The molecule has 0 bridgehead atoms. The average molecular weight is 386 g/mol. The van der Waals surface area contributed by atoms with Crippen molar-refractivity contribution in [3.05, 3.63) is 126 Å². The second-order valence-electron chi connectivity index (χ2n) is 6.43. The summed E-state index contributed by atoms with van der Waals surface area (Å²) < 4.78 is 5.09. The molecule has 0 radical (unpaired) electrons. The Labute approximate surface area is 169 Å². The molecule has 3 aromatic carbocycles. The summed E-state index contributed by atoms with van der Waals surface area (Å²) in [6.45, 7) is 0.106. The summed E-state index contributed by atoms with van der Waals surface area (Å²) >= 11 is 0. The van der Waals surface area contributed by atoms with E-state index >= 15 is 0 Å². The number of hydrogen-bond acceptors (Lipinski definition) is 5. The standard InChI is InChI=1S/C24H22N2O3/c1-4-11-20(12-5-1)24(21-13-6-2-7-14-21,22-15-8-3-9-16-22)26-25-19-28-29-23-17-10-18-27-23/h1-18,25-26H,19H2. The van der Waals surface area contributed by atoms with Gasteiger partial charge in [-0.2, -0.15) is 4.89 Å². The Bertz CT molecular complexity index is 878. The van der Waals surface area contributed by atoms with Gasteiger partial charge in [-0.15, -0.1) is 0 Å². The minimum absolute atomic E-state index is 0.106. The Morgan fingerprint density at radius 1 is 0.655 bits per heavy atom. The summed E-state index contributed by atoms with van der Waals surface area (Å²) in [4.78, 5) is 10.3. The minimum atomic E-state index is -0.627. The average Bonchev–Trinajstić information content (AvgIpc) is 3.32. The summed E-state index contributed by atoms with van der Waals surface area (Å²) in [5.74, 6) is 0.298. The van der Waals surface area contributed by atoms with Crippen molar-refractivity contribution in [2.75, 3.05) is 6.73 Å². The number of nitrogens with one attached hydrogen (secondary N) is 2. The SMILES string of the molecule is c1ccc(C(NNCOOc2ccco2)(c2ccccc2)c2ccccc2)cc1. The van der Waals surface area contributed by atoms with E-state index in [1.165, 1.54) is 6.26 Å². The third-order valence-corrected chi connectivity index (χ3v) is 4.66. The molecule has 0 unspecified atom stereocenters. The zero-order valence-corrected chi connectivity index (χ0v) is 15.8. The van der Waals surface area contributed by atoms with Gasteiger partial charge in [0, 0.05) is 6.07 Å². The molecule has 29 heavy (non-hydrogen) atoms. The van der Waals surface area contributed by atoms with Gasteiger partial charge in [-0.3, -0.25) is 4.89 Å². The molecule has 0 atom stereocenters. The fourth-order valence-corrected chi connectivity index (χ4v) is 3.38. The smallest absolute Gasteiger partial charge is 0.322 e. The maximum Gasteiger partial charge on any atom is 0.322 e. The summed E-state index contributed by atoms with van der Waals surface area (Å²) in [6, 6.07) is 34.3. The Hall–Kier alpha value is -3.38. The van der Waals surface area contributed by atoms with Gasteiger partial charge in [-0.1, -0.05) is 91.0 Å². The molecule has 0 aliphatic carbocycles. The van der Waals surface area contributed by atoms with Gasteiger partial charge in [0.25, 0.3) is 0 Å². The third kappa shape index (κ3) is 4.22. The van der Waals surface area contributed by atoms with Crippen LogP contribution in [0.4, 0.5) is 0 Å². The molecule has 0 fully saturated rings. The highest BCUT2D eigenvalue weighted by molar-refractivity contribution is 5.49. The van der Waals surface area contributed by atoms with Gasteiger partial charge < -0.3 is 4.42 Å². The summed E-state index contributed by atoms with van der Waals surface area (Å²) in [7, 11) is 0. The predicted molar refractivity (Wildman–Crippen MR) is 111 cm³/mol. The van der Waals surface area contributed by atoms with Crippen molar-refractivity contribution < 1.29 is 14.2 Å². The largest absolute Gasteiger partial charge is 0.432 e. The molecule has 4 rings (SSSR count). The molecule has 5 nitrogen and oxygen atoms in total. The molecule has 0 spiro atoms. The van der Waals surface area contributed by atoms with E-state index in [4.69, 9.17) is 14.2 Å². The van der Waals surface area contributed by atoms with Crippen molar-refractivity contribution in [3.8, 4) is 5.95 Å². The van der Waals surface area contributed by atoms with Gasteiger partial charge in [0.1, 0.15) is 5.54 Å². The van der Waals surface area contributed by atoms with E-state index in [1.807, 2.05) is 54.6 Å². The van der Waals surface area contributed by atoms with Crippen LogP contribution < -0.4 is 15.7 Å². The van der Waals surface area contributed by atoms with Gasteiger partial charge in [-0.05, 0) is 22.8 Å². The van der Waals surface area contributed by atoms with Gasteiger partial charge in [-0.25, -0.2) is 10.9 Å². The maximum atomic E-state index is 5.21. The summed E-state index contributed by atoms with van der Waals surface area (Å²) in [5.41, 5.74) is 9.28. The van der Waals surface area contributed by atoms with E-state index in [2.05, 4.69) is 47.2 Å². The fraction of sp³-hybridized carbons (Fsp3) is 0.0833. The molecule has 1 heterocycles. The zero-order chi connectivity index (χ0) is 19.8. The van der Waals surface area contributed by atoms with E-state index in [9.17, 15) is 0 Å². The first-order chi connectivity index (χ1) is 14.4. The monoisotopic (exact) mass is 386 g/mol. The lowest BCUT2D eigenvalue weighted by Gasteiger charge is -2.37. The van der Waals surface area contributed by atoms with Crippen molar-refractivity contribution in [1.82, 2.24) is 10.9 Å². The lowest BCUT2D eigenvalue weighted by molar-refractivity contribution is -0.227. The Balaban J connectivity index is 1.64. The lowest BCUT2D eigenvalue weighted by atomic mass is 9.77. The normalized spacial score (nSPS) is 11.3. The van der Waals surface area contributed by atoms with E-state index < -0.39 is 5.54 Å². The van der Waals surface area contributed by atoms with Gasteiger partial charge >= 0.3 is 5.95 Å². The Morgan fingerprint density at radius 2 is 1.17 bits per heavy atom. The van der Waals surface area contributed by atoms with E-state index in [0.29, 0.717) is 5.95 Å². The van der Waals surface area contributed by atoms with E-state index in [1.54, 1.807) is 12.1 Å². The molecule has 5 heteroatoms. The first kappa shape index (κ1) is 19.0. The van der Waals surface area contributed by atoms with Crippen molar-refractivity contribution >= 4 is 0 Å². The van der Waals surface area contributed by atoms with Gasteiger partial charge in [0.05, 0.1) is 6.26 Å². The second-order valence-corrected chi connectivity index (χ2v) is 6.43. The Kier molecular flexibility index (Phi) is 6.02. The summed E-state index contributed by atoms with van der Waals surface area (Å²) in [5, 5.41) is 0. The van der Waals surface area contributed by atoms with Crippen LogP contribution in [-0.2, 0) is 10.4 Å². The first-order valence-electron chi connectivity index (χ1n) is 9.39. The molecular weight excluding hydrogens is 364 g/mol. The highest BCUT2D eigenvalue weighted by Crippen LogP contribution is 2.36. The van der Waals surface area contributed by atoms with Crippen LogP contribution in [0.25, 0.3) is 0 Å². The molecule has 0 saturated carbocycles. The number of furan rings is 1. The van der Waals surface area contributed by atoms with Crippen LogP contribution in [0.15, 0.2) is 114 Å². The van der Waals surface area contributed by atoms with E-state index in [0.717, 1.165) is 16.7 Å². The van der Waals surface area contributed by atoms with Crippen LogP contribution in [0.1, 0.15) is 16.7 Å². The maximum absolute atomic E-state index is 5.21. The molecule has 0 saturated heterocycles. The topological polar surface area (TPSA) is 55.7 Å². The zero-order valence-electron chi connectivity index (χ0n) is 15.8.